The van der Waals surface area contributed by atoms with E-state index in [4.69, 9.17) is 10.5 Å². The zero-order valence-electron chi connectivity index (χ0n) is 9.30. The molecule has 0 fully saturated rings. The fraction of sp³-hybridized carbons (Fsp3) is 0.333. The lowest BCUT2D eigenvalue weighted by atomic mass is 10.4. The number of rotatable bonds is 2. The molecule has 0 spiro atoms. The van der Waals surface area contributed by atoms with E-state index in [1.54, 1.807) is 4.68 Å². The van der Waals surface area contributed by atoms with Crippen LogP contribution in [-0.4, -0.2) is 31.8 Å². The van der Waals surface area contributed by atoms with Crippen molar-refractivity contribution in [2.24, 2.45) is 0 Å². The standard InChI is InChI=1S/C9H12N6O/c1-5-4-6(2)15(14-5)8-11-7(10)12-9(13-8)16-3/h4H,1-3H3,(H2,10,11,12,13). The van der Waals surface area contributed by atoms with Gasteiger partial charge >= 0.3 is 6.01 Å². The average molecular weight is 220 g/mol. The summed E-state index contributed by atoms with van der Waals surface area (Å²) in [6.45, 7) is 3.80. The summed E-state index contributed by atoms with van der Waals surface area (Å²) in [6.07, 6.45) is 0. The van der Waals surface area contributed by atoms with Crippen molar-refractivity contribution in [1.29, 1.82) is 0 Å². The molecule has 0 amide bonds. The van der Waals surface area contributed by atoms with Gasteiger partial charge in [-0.3, -0.25) is 0 Å². The minimum atomic E-state index is 0.106. The second-order valence-electron chi connectivity index (χ2n) is 3.32. The summed E-state index contributed by atoms with van der Waals surface area (Å²) in [7, 11) is 1.47. The topological polar surface area (TPSA) is 91.7 Å². The maximum Gasteiger partial charge on any atom is 0.322 e. The first-order valence-corrected chi connectivity index (χ1v) is 4.69. The fourth-order valence-corrected chi connectivity index (χ4v) is 1.38. The Balaban J connectivity index is 2.55. The minimum Gasteiger partial charge on any atom is -0.467 e. The predicted octanol–water partition coefficient (Wildman–Crippen LogP) is 0.265. The van der Waals surface area contributed by atoms with Crippen molar-refractivity contribution >= 4 is 5.95 Å². The molecular weight excluding hydrogens is 208 g/mol. The van der Waals surface area contributed by atoms with Crippen molar-refractivity contribution in [2.45, 2.75) is 13.8 Å². The third kappa shape index (κ3) is 1.79. The molecule has 0 radical (unpaired) electrons. The zero-order chi connectivity index (χ0) is 11.7. The van der Waals surface area contributed by atoms with Crippen LogP contribution in [0.4, 0.5) is 5.95 Å². The zero-order valence-corrected chi connectivity index (χ0v) is 9.30. The second-order valence-corrected chi connectivity index (χ2v) is 3.32. The van der Waals surface area contributed by atoms with E-state index in [1.165, 1.54) is 7.11 Å². The predicted molar refractivity (Wildman–Crippen MR) is 57.4 cm³/mol. The second kappa shape index (κ2) is 3.76. The number of nitrogens with two attached hydrogens (primary N) is 1. The monoisotopic (exact) mass is 220 g/mol. The SMILES string of the molecule is COc1nc(N)nc(-n2nc(C)cc2C)n1. The Bertz CT molecular complexity index is 521. The van der Waals surface area contributed by atoms with Crippen LogP contribution in [0, 0.1) is 13.8 Å². The molecule has 0 atom stereocenters. The van der Waals surface area contributed by atoms with E-state index in [2.05, 4.69) is 20.1 Å². The van der Waals surface area contributed by atoms with E-state index >= 15 is 0 Å². The van der Waals surface area contributed by atoms with E-state index in [-0.39, 0.29) is 12.0 Å². The van der Waals surface area contributed by atoms with Crippen LogP contribution in [-0.2, 0) is 0 Å². The van der Waals surface area contributed by atoms with Crippen molar-refractivity contribution in [3.63, 3.8) is 0 Å². The largest absolute Gasteiger partial charge is 0.467 e. The highest BCUT2D eigenvalue weighted by Crippen LogP contribution is 2.11. The number of aryl methyl sites for hydroxylation is 2. The van der Waals surface area contributed by atoms with Gasteiger partial charge in [-0.1, -0.05) is 0 Å². The van der Waals surface area contributed by atoms with E-state index < -0.39 is 0 Å². The number of hydrogen-bond acceptors (Lipinski definition) is 6. The molecule has 0 saturated carbocycles. The first kappa shape index (κ1) is 10.3. The molecule has 0 aliphatic rings. The molecule has 16 heavy (non-hydrogen) atoms. The lowest BCUT2D eigenvalue weighted by Gasteiger charge is -2.04. The van der Waals surface area contributed by atoms with Crippen LogP contribution < -0.4 is 10.5 Å². The number of methoxy groups -OCH3 is 1. The number of anilines is 1. The molecule has 0 bridgehead atoms. The summed E-state index contributed by atoms with van der Waals surface area (Å²) in [5.41, 5.74) is 7.35. The number of nitrogens with zero attached hydrogens (tertiary/aromatic N) is 5. The maximum atomic E-state index is 5.55. The van der Waals surface area contributed by atoms with Crippen LogP contribution in [0.3, 0.4) is 0 Å². The molecule has 2 aromatic heterocycles. The molecule has 0 saturated heterocycles. The molecule has 0 aliphatic carbocycles. The van der Waals surface area contributed by atoms with Crippen molar-refractivity contribution < 1.29 is 4.74 Å². The van der Waals surface area contributed by atoms with Crippen molar-refractivity contribution in [1.82, 2.24) is 24.7 Å². The highest BCUT2D eigenvalue weighted by atomic mass is 16.5. The van der Waals surface area contributed by atoms with Gasteiger partial charge in [0.05, 0.1) is 12.8 Å². The Morgan fingerprint density at radius 1 is 1.25 bits per heavy atom. The highest BCUT2D eigenvalue weighted by Gasteiger charge is 2.10. The molecule has 7 heteroatoms. The van der Waals surface area contributed by atoms with Crippen molar-refractivity contribution in [3.8, 4) is 12.0 Å². The van der Waals surface area contributed by atoms with E-state index in [1.807, 2.05) is 19.9 Å². The molecule has 2 aromatic rings. The van der Waals surface area contributed by atoms with E-state index in [9.17, 15) is 0 Å². The highest BCUT2D eigenvalue weighted by molar-refractivity contribution is 5.26. The molecule has 0 aliphatic heterocycles. The van der Waals surface area contributed by atoms with Gasteiger partial charge in [0.25, 0.3) is 5.95 Å². The summed E-state index contributed by atoms with van der Waals surface area (Å²) in [6, 6.07) is 2.10. The number of aromatic nitrogens is 5. The molecule has 0 unspecified atom stereocenters. The minimum absolute atomic E-state index is 0.106. The van der Waals surface area contributed by atoms with Crippen LogP contribution in [0.15, 0.2) is 6.07 Å². The van der Waals surface area contributed by atoms with Gasteiger partial charge in [-0.05, 0) is 19.9 Å². The Labute approximate surface area is 92.3 Å². The van der Waals surface area contributed by atoms with Crippen molar-refractivity contribution in [2.75, 3.05) is 12.8 Å². The first-order chi connectivity index (χ1) is 7.60. The van der Waals surface area contributed by atoms with Gasteiger partial charge in [-0.2, -0.15) is 20.1 Å². The lowest BCUT2D eigenvalue weighted by molar-refractivity contribution is 0.377. The van der Waals surface area contributed by atoms with Crippen LogP contribution >= 0.6 is 0 Å². The molecule has 7 nitrogen and oxygen atoms in total. The van der Waals surface area contributed by atoms with Gasteiger partial charge < -0.3 is 10.5 Å². The summed E-state index contributed by atoms with van der Waals surface area (Å²) in [4.78, 5) is 11.9. The van der Waals surface area contributed by atoms with Gasteiger partial charge in [-0.25, -0.2) is 4.68 Å². The fourth-order valence-electron chi connectivity index (χ4n) is 1.38. The number of hydrogen-bond donors (Lipinski definition) is 1. The van der Waals surface area contributed by atoms with Gasteiger partial charge in [0.15, 0.2) is 0 Å². The number of nitrogen functional groups attached to an aromatic ring is 1. The Morgan fingerprint density at radius 2 is 2.00 bits per heavy atom. The molecular formula is C9H12N6O. The Morgan fingerprint density at radius 3 is 2.56 bits per heavy atom. The van der Waals surface area contributed by atoms with Gasteiger partial charge in [-0.15, -0.1) is 0 Å². The Kier molecular flexibility index (Phi) is 2.43. The third-order valence-corrected chi connectivity index (χ3v) is 2.00. The van der Waals surface area contributed by atoms with Gasteiger partial charge in [0, 0.05) is 5.69 Å². The summed E-state index contributed by atoms with van der Waals surface area (Å²) < 4.78 is 6.51. The van der Waals surface area contributed by atoms with Gasteiger partial charge in [0.1, 0.15) is 0 Å². The van der Waals surface area contributed by atoms with E-state index in [0.29, 0.717) is 5.95 Å². The van der Waals surface area contributed by atoms with E-state index in [0.717, 1.165) is 11.4 Å². The smallest absolute Gasteiger partial charge is 0.322 e. The molecule has 2 N–H and O–H groups in total. The molecule has 2 heterocycles. The van der Waals surface area contributed by atoms with Crippen LogP contribution in [0.1, 0.15) is 11.4 Å². The van der Waals surface area contributed by atoms with Gasteiger partial charge in [0.2, 0.25) is 5.95 Å². The maximum absolute atomic E-state index is 5.55. The van der Waals surface area contributed by atoms with Crippen molar-refractivity contribution in [3.05, 3.63) is 17.5 Å². The summed E-state index contributed by atoms with van der Waals surface area (Å²) in [5, 5.41) is 4.25. The number of ether oxygens (including phenoxy) is 1. The molecule has 84 valence electrons. The third-order valence-electron chi connectivity index (χ3n) is 2.00. The normalized spacial score (nSPS) is 10.4. The quantitative estimate of drug-likeness (QED) is 0.780. The molecule has 2 rings (SSSR count). The van der Waals surface area contributed by atoms with Crippen LogP contribution in [0.2, 0.25) is 0 Å². The summed E-state index contributed by atoms with van der Waals surface area (Å²) in [5.74, 6) is 0.462. The lowest BCUT2D eigenvalue weighted by Crippen LogP contribution is -2.09. The Hall–Kier alpha value is -2.18. The molecule has 0 aromatic carbocycles. The summed E-state index contributed by atoms with van der Waals surface area (Å²) >= 11 is 0. The van der Waals surface area contributed by atoms with Crippen LogP contribution in [0.25, 0.3) is 5.95 Å². The first-order valence-electron chi connectivity index (χ1n) is 4.69. The average Bonchev–Trinajstić information content (AvgIpc) is 2.57. The van der Waals surface area contributed by atoms with Crippen LogP contribution in [0.5, 0.6) is 6.01 Å².